The lowest BCUT2D eigenvalue weighted by Gasteiger charge is -2.65. The van der Waals surface area contributed by atoms with Crippen molar-refractivity contribution in [3.05, 3.63) is 33.9 Å². The molecule has 1 aromatic heterocycles. The van der Waals surface area contributed by atoms with Gasteiger partial charge in [0.05, 0.1) is 24.4 Å². The van der Waals surface area contributed by atoms with E-state index in [0.717, 1.165) is 44.1 Å². The Morgan fingerprint density at radius 1 is 1.19 bits per heavy atom. The molecule has 0 unspecified atom stereocenters. The molecule has 5 aliphatic rings. The van der Waals surface area contributed by atoms with Crippen LogP contribution in [0.5, 0.6) is 0 Å². The molecule has 2 heterocycles. The fourth-order valence-electron chi connectivity index (χ4n) is 9.44. The number of ether oxygens (including phenoxy) is 2. The number of aromatic nitrogens is 2. The zero-order chi connectivity index (χ0) is 29.7. The minimum absolute atomic E-state index is 0.0296. The Labute approximate surface area is 244 Å². The topological polar surface area (TPSA) is 193 Å². The summed E-state index contributed by atoms with van der Waals surface area (Å²) in [6.45, 7) is 4.56. The van der Waals surface area contributed by atoms with Gasteiger partial charge >= 0.3 is 5.97 Å². The van der Waals surface area contributed by atoms with Gasteiger partial charge in [-0.3, -0.25) is 4.79 Å². The minimum atomic E-state index is -0.992. The maximum atomic E-state index is 12.4. The summed E-state index contributed by atoms with van der Waals surface area (Å²) in [6, 6.07) is 0. The van der Waals surface area contributed by atoms with Gasteiger partial charge in [0.1, 0.15) is 19.8 Å². The van der Waals surface area contributed by atoms with E-state index in [1.807, 2.05) is 6.92 Å². The average Bonchev–Trinajstić information content (AvgIpc) is 3.68. The summed E-state index contributed by atoms with van der Waals surface area (Å²) in [7, 11) is 0. The quantitative estimate of drug-likeness (QED) is 0.178. The van der Waals surface area contributed by atoms with Gasteiger partial charge in [0.15, 0.2) is 0 Å². The number of hydrogen-bond acceptors (Lipinski definition) is 10. The van der Waals surface area contributed by atoms with Crippen molar-refractivity contribution >= 4 is 11.9 Å². The second kappa shape index (κ2) is 10.9. The van der Waals surface area contributed by atoms with Crippen LogP contribution in [0.2, 0.25) is 0 Å². The van der Waals surface area contributed by atoms with Crippen molar-refractivity contribution < 1.29 is 33.7 Å². The number of fused-ring (bicyclic) bond motifs is 5. The maximum absolute atomic E-state index is 12.4. The van der Waals surface area contributed by atoms with E-state index in [9.17, 15) is 19.8 Å². The Balaban J connectivity index is 1.06. The van der Waals surface area contributed by atoms with Gasteiger partial charge in [-0.1, -0.05) is 19.0 Å². The normalized spacial score (nSPS) is 40.7. The number of esters is 1. The Morgan fingerprint density at radius 3 is 2.76 bits per heavy atom. The van der Waals surface area contributed by atoms with E-state index in [1.165, 1.54) is 0 Å². The standard InChI is InChI=1S/C29H40N6O7/c1-27-7-5-18(40-15-23(37)31-12-24-33-34-25(42-24)13-32-35-30)10-17(27)3-4-20-21(27)11-22(36)28(2)19(6-8-29(20,28)39)16-9-26(38)41-14-16/h9,17-22,36,39H,3-8,10-15H2,1-2H3,(H,31,37)/t17-,18+,19-,20-,21+,22-,27+,28+,29+/m1/s1. The van der Waals surface area contributed by atoms with Gasteiger partial charge in [-0.05, 0) is 91.6 Å². The predicted molar refractivity (Wildman–Crippen MR) is 146 cm³/mol. The first-order chi connectivity index (χ1) is 20.1. The number of carbonyl (C=O) groups is 2. The van der Waals surface area contributed by atoms with Crippen molar-refractivity contribution in [1.29, 1.82) is 0 Å². The van der Waals surface area contributed by atoms with Gasteiger partial charge < -0.3 is 29.4 Å². The molecule has 0 aromatic carbocycles. The SMILES string of the molecule is C[C@]12CC[C@H](OCC(=O)NCc3nnc(CN=[N+]=[N-])o3)C[C@H]1CC[C@@H]1[C@@H]2C[C@@H](O)[C@]2(C)[C@@H](C3=CC(=O)OC3)CC[C@]12O. The van der Waals surface area contributed by atoms with E-state index in [0.29, 0.717) is 18.8 Å². The van der Waals surface area contributed by atoms with Gasteiger partial charge in [0, 0.05) is 16.4 Å². The minimum Gasteiger partial charge on any atom is -0.458 e. The van der Waals surface area contributed by atoms with Gasteiger partial charge in [-0.2, -0.15) is 0 Å². The molecule has 6 rings (SSSR count). The summed E-state index contributed by atoms with van der Waals surface area (Å²) >= 11 is 0. The lowest BCUT2D eigenvalue weighted by molar-refractivity contribution is -0.245. The van der Waals surface area contributed by atoms with Crippen LogP contribution in [-0.4, -0.2) is 63.3 Å². The lowest BCUT2D eigenvalue weighted by Crippen LogP contribution is -2.67. The zero-order valence-electron chi connectivity index (χ0n) is 24.2. The average molecular weight is 585 g/mol. The molecule has 0 bridgehead atoms. The molecule has 1 amide bonds. The Morgan fingerprint density at radius 2 is 2.00 bits per heavy atom. The third kappa shape index (κ3) is 4.70. The third-order valence-corrected chi connectivity index (χ3v) is 11.7. The number of aliphatic hydroxyl groups excluding tert-OH is 1. The molecule has 3 N–H and O–H groups in total. The smallest absolute Gasteiger partial charge is 0.331 e. The summed E-state index contributed by atoms with van der Waals surface area (Å²) in [4.78, 5) is 26.9. The van der Waals surface area contributed by atoms with Gasteiger partial charge in [0.25, 0.3) is 0 Å². The molecule has 1 aliphatic heterocycles. The van der Waals surface area contributed by atoms with Crippen molar-refractivity contribution in [3.8, 4) is 0 Å². The summed E-state index contributed by atoms with van der Waals surface area (Å²) in [5.74, 6) is 0.400. The van der Waals surface area contributed by atoms with E-state index >= 15 is 0 Å². The molecule has 13 nitrogen and oxygen atoms in total. The molecular formula is C29H40N6O7. The first-order valence-electron chi connectivity index (χ1n) is 15.1. The molecule has 4 fully saturated rings. The molecule has 0 radical (unpaired) electrons. The van der Waals surface area contributed by atoms with Crippen LogP contribution in [0.15, 0.2) is 21.2 Å². The van der Waals surface area contributed by atoms with E-state index in [4.69, 9.17) is 19.4 Å². The van der Waals surface area contributed by atoms with E-state index < -0.39 is 17.1 Å². The second-order valence-electron chi connectivity index (χ2n) is 13.3. The molecule has 0 spiro atoms. The molecule has 1 aromatic rings. The van der Waals surface area contributed by atoms with Crippen LogP contribution >= 0.6 is 0 Å². The Hall–Kier alpha value is -2.99. The fourth-order valence-corrected chi connectivity index (χ4v) is 9.44. The highest BCUT2D eigenvalue weighted by atomic mass is 16.5. The van der Waals surface area contributed by atoms with Crippen LogP contribution in [0.3, 0.4) is 0 Å². The monoisotopic (exact) mass is 584 g/mol. The second-order valence-corrected chi connectivity index (χ2v) is 13.3. The summed E-state index contributed by atoms with van der Waals surface area (Å²) in [5, 5.41) is 37.8. The van der Waals surface area contributed by atoms with Crippen molar-refractivity contribution in [1.82, 2.24) is 15.5 Å². The first kappa shape index (κ1) is 29.1. The number of rotatable bonds is 8. The summed E-state index contributed by atoms with van der Waals surface area (Å²) in [6.07, 6.45) is 7.32. The van der Waals surface area contributed by atoms with E-state index in [-0.39, 0.29) is 79.2 Å². The van der Waals surface area contributed by atoms with Crippen LogP contribution in [0.25, 0.3) is 10.4 Å². The third-order valence-electron chi connectivity index (χ3n) is 11.7. The number of hydrogen-bond donors (Lipinski definition) is 3. The first-order valence-corrected chi connectivity index (χ1v) is 15.1. The lowest BCUT2D eigenvalue weighted by atomic mass is 9.42. The van der Waals surface area contributed by atoms with E-state index in [2.05, 4.69) is 32.5 Å². The zero-order valence-corrected chi connectivity index (χ0v) is 24.2. The molecule has 0 saturated heterocycles. The highest BCUT2D eigenvalue weighted by Crippen LogP contribution is 2.70. The fraction of sp³-hybridized carbons (Fsp3) is 0.793. The van der Waals surface area contributed by atoms with E-state index in [1.54, 1.807) is 6.08 Å². The Kier molecular flexibility index (Phi) is 7.57. The Bertz CT molecular complexity index is 1310. The van der Waals surface area contributed by atoms with Crippen LogP contribution < -0.4 is 5.32 Å². The van der Waals surface area contributed by atoms with Crippen LogP contribution in [0.1, 0.15) is 77.0 Å². The molecule has 228 valence electrons. The van der Waals surface area contributed by atoms with Crippen molar-refractivity contribution in [2.24, 2.45) is 39.6 Å². The predicted octanol–water partition coefficient (Wildman–Crippen LogP) is 3.11. The number of azide groups is 1. The molecule has 4 saturated carbocycles. The van der Waals surface area contributed by atoms with Gasteiger partial charge in [-0.25, -0.2) is 4.79 Å². The maximum Gasteiger partial charge on any atom is 0.331 e. The molecular weight excluding hydrogens is 544 g/mol. The van der Waals surface area contributed by atoms with Crippen molar-refractivity contribution in [3.63, 3.8) is 0 Å². The molecule has 13 heteroatoms. The largest absolute Gasteiger partial charge is 0.458 e. The van der Waals surface area contributed by atoms with Gasteiger partial charge in [0.2, 0.25) is 17.7 Å². The highest BCUT2D eigenvalue weighted by Gasteiger charge is 2.70. The molecule has 9 atom stereocenters. The number of aliphatic hydroxyl groups is 2. The van der Waals surface area contributed by atoms with Crippen LogP contribution in [0.4, 0.5) is 0 Å². The number of nitrogens with zero attached hydrogens (tertiary/aromatic N) is 5. The number of nitrogens with one attached hydrogen (secondary N) is 1. The number of cyclic esters (lactones) is 1. The highest BCUT2D eigenvalue weighted by molar-refractivity contribution is 5.85. The molecule has 4 aliphatic carbocycles. The summed E-state index contributed by atoms with van der Waals surface area (Å²) in [5.41, 5.74) is 7.56. The van der Waals surface area contributed by atoms with Crippen LogP contribution in [0, 0.1) is 34.5 Å². The van der Waals surface area contributed by atoms with Crippen molar-refractivity contribution in [2.45, 2.75) is 96.1 Å². The number of carbonyl (C=O) groups excluding carboxylic acids is 2. The summed E-state index contributed by atoms with van der Waals surface area (Å²) < 4.78 is 16.6. The van der Waals surface area contributed by atoms with Crippen molar-refractivity contribution in [2.75, 3.05) is 13.2 Å². The van der Waals surface area contributed by atoms with Crippen LogP contribution in [-0.2, 0) is 32.2 Å². The van der Waals surface area contributed by atoms with Gasteiger partial charge in [-0.15, -0.1) is 10.2 Å². The number of amides is 1. The molecule has 42 heavy (non-hydrogen) atoms.